The SMILES string of the molecule is CCCCN(c1nc(NC)cn2ccnc12)C(C)CC. The van der Waals surface area contributed by atoms with Crippen molar-refractivity contribution in [2.45, 2.75) is 46.1 Å². The van der Waals surface area contributed by atoms with Gasteiger partial charge in [-0.25, -0.2) is 9.97 Å². The molecule has 110 valence electrons. The maximum atomic E-state index is 4.75. The highest BCUT2D eigenvalue weighted by molar-refractivity contribution is 5.67. The average molecular weight is 275 g/mol. The minimum Gasteiger partial charge on any atom is -0.372 e. The van der Waals surface area contributed by atoms with Gasteiger partial charge < -0.3 is 14.6 Å². The zero-order chi connectivity index (χ0) is 14.5. The van der Waals surface area contributed by atoms with Crippen molar-refractivity contribution in [3.63, 3.8) is 0 Å². The molecule has 20 heavy (non-hydrogen) atoms. The van der Waals surface area contributed by atoms with Crippen LogP contribution in [0.2, 0.25) is 0 Å². The van der Waals surface area contributed by atoms with Crippen molar-refractivity contribution in [1.82, 2.24) is 14.4 Å². The van der Waals surface area contributed by atoms with Crippen LogP contribution in [0.25, 0.3) is 5.65 Å². The molecule has 0 fully saturated rings. The number of anilines is 2. The van der Waals surface area contributed by atoms with Crippen LogP contribution in [-0.4, -0.2) is 34.0 Å². The molecule has 0 aliphatic carbocycles. The summed E-state index contributed by atoms with van der Waals surface area (Å²) in [6.07, 6.45) is 9.22. The van der Waals surface area contributed by atoms with Gasteiger partial charge in [-0.05, 0) is 19.8 Å². The van der Waals surface area contributed by atoms with Crippen LogP contribution in [0, 0.1) is 0 Å². The van der Waals surface area contributed by atoms with Gasteiger partial charge in [-0.2, -0.15) is 0 Å². The minimum atomic E-state index is 0.460. The summed E-state index contributed by atoms with van der Waals surface area (Å²) in [7, 11) is 1.90. The molecule has 1 atom stereocenters. The van der Waals surface area contributed by atoms with Gasteiger partial charge in [0.15, 0.2) is 11.5 Å². The van der Waals surface area contributed by atoms with Gasteiger partial charge >= 0.3 is 0 Å². The molecular formula is C15H25N5. The first-order valence-corrected chi connectivity index (χ1v) is 7.49. The van der Waals surface area contributed by atoms with E-state index in [0.717, 1.165) is 30.2 Å². The van der Waals surface area contributed by atoms with E-state index in [0.29, 0.717) is 6.04 Å². The lowest BCUT2D eigenvalue weighted by Crippen LogP contribution is -2.34. The number of fused-ring (bicyclic) bond motifs is 1. The third-order valence-electron chi connectivity index (χ3n) is 3.76. The normalized spacial score (nSPS) is 12.6. The number of hydrogen-bond donors (Lipinski definition) is 1. The van der Waals surface area contributed by atoms with E-state index in [1.54, 1.807) is 0 Å². The Labute approximate surface area is 121 Å². The molecule has 0 saturated heterocycles. The Morgan fingerprint density at radius 2 is 2.20 bits per heavy atom. The Balaban J connectivity index is 2.47. The molecule has 2 rings (SSSR count). The van der Waals surface area contributed by atoms with Gasteiger partial charge in [-0.15, -0.1) is 0 Å². The van der Waals surface area contributed by atoms with Crippen LogP contribution in [0.1, 0.15) is 40.0 Å². The van der Waals surface area contributed by atoms with Crippen molar-refractivity contribution in [2.75, 3.05) is 23.8 Å². The lowest BCUT2D eigenvalue weighted by Gasteiger charge is -2.30. The summed E-state index contributed by atoms with van der Waals surface area (Å²) in [4.78, 5) is 11.6. The van der Waals surface area contributed by atoms with Crippen molar-refractivity contribution in [1.29, 1.82) is 0 Å². The topological polar surface area (TPSA) is 45.5 Å². The third-order valence-corrected chi connectivity index (χ3v) is 3.76. The maximum absolute atomic E-state index is 4.75. The number of hydrogen-bond acceptors (Lipinski definition) is 4. The number of nitrogens with one attached hydrogen (secondary N) is 1. The summed E-state index contributed by atoms with van der Waals surface area (Å²) in [5.41, 5.74) is 0.931. The first-order chi connectivity index (χ1) is 9.71. The molecule has 2 heterocycles. The Hall–Kier alpha value is -1.78. The lowest BCUT2D eigenvalue weighted by molar-refractivity contribution is 0.590. The molecule has 2 aromatic heterocycles. The largest absolute Gasteiger partial charge is 0.372 e. The molecule has 5 heteroatoms. The van der Waals surface area contributed by atoms with Crippen LogP contribution < -0.4 is 10.2 Å². The van der Waals surface area contributed by atoms with E-state index in [1.165, 1.54) is 12.8 Å². The quantitative estimate of drug-likeness (QED) is 0.843. The van der Waals surface area contributed by atoms with E-state index >= 15 is 0 Å². The number of nitrogens with zero attached hydrogens (tertiary/aromatic N) is 4. The fraction of sp³-hybridized carbons (Fsp3) is 0.600. The van der Waals surface area contributed by atoms with Crippen LogP contribution in [0.15, 0.2) is 18.6 Å². The standard InChI is InChI=1S/C15H25N5/c1-5-7-9-20(12(3)6-2)15-14-17-8-10-19(14)11-13(16-4)18-15/h8,10-12,16H,5-7,9H2,1-4H3. The molecule has 0 aromatic carbocycles. The minimum absolute atomic E-state index is 0.460. The number of aromatic nitrogens is 3. The summed E-state index contributed by atoms with van der Waals surface area (Å²) in [5, 5.41) is 3.13. The Bertz CT molecular complexity index is 548. The summed E-state index contributed by atoms with van der Waals surface area (Å²) < 4.78 is 2.04. The number of unbranched alkanes of at least 4 members (excludes halogenated alkanes) is 1. The fourth-order valence-corrected chi connectivity index (χ4v) is 2.31. The monoisotopic (exact) mass is 275 g/mol. The highest BCUT2D eigenvalue weighted by Crippen LogP contribution is 2.24. The zero-order valence-electron chi connectivity index (χ0n) is 12.9. The van der Waals surface area contributed by atoms with E-state index in [1.807, 2.05) is 30.0 Å². The smallest absolute Gasteiger partial charge is 0.180 e. The van der Waals surface area contributed by atoms with E-state index in [2.05, 4.69) is 36.0 Å². The lowest BCUT2D eigenvalue weighted by atomic mass is 10.2. The van der Waals surface area contributed by atoms with Crippen molar-refractivity contribution in [3.8, 4) is 0 Å². The average Bonchev–Trinajstić information content (AvgIpc) is 2.95. The van der Waals surface area contributed by atoms with E-state index in [9.17, 15) is 0 Å². The maximum Gasteiger partial charge on any atom is 0.180 e. The van der Waals surface area contributed by atoms with E-state index in [4.69, 9.17) is 4.98 Å². The number of imidazole rings is 1. The molecular weight excluding hydrogens is 250 g/mol. The second-order valence-electron chi connectivity index (χ2n) is 5.16. The van der Waals surface area contributed by atoms with Gasteiger partial charge in [0.05, 0.1) is 6.20 Å². The van der Waals surface area contributed by atoms with Crippen molar-refractivity contribution >= 4 is 17.3 Å². The molecule has 1 N–H and O–H groups in total. The number of rotatable bonds is 7. The molecule has 0 radical (unpaired) electrons. The van der Waals surface area contributed by atoms with Crippen LogP contribution in [-0.2, 0) is 0 Å². The van der Waals surface area contributed by atoms with Gasteiger partial charge in [0.1, 0.15) is 5.82 Å². The molecule has 0 amide bonds. The molecule has 0 spiro atoms. The van der Waals surface area contributed by atoms with E-state index < -0.39 is 0 Å². The van der Waals surface area contributed by atoms with Crippen LogP contribution in [0.5, 0.6) is 0 Å². The molecule has 0 saturated carbocycles. The second-order valence-corrected chi connectivity index (χ2v) is 5.16. The van der Waals surface area contributed by atoms with Crippen molar-refractivity contribution < 1.29 is 0 Å². The first kappa shape index (κ1) is 14.6. The first-order valence-electron chi connectivity index (χ1n) is 7.49. The molecule has 5 nitrogen and oxygen atoms in total. The summed E-state index contributed by atoms with van der Waals surface area (Å²) in [6, 6.07) is 0.460. The third kappa shape index (κ3) is 2.86. The zero-order valence-corrected chi connectivity index (χ0v) is 12.9. The van der Waals surface area contributed by atoms with Gasteiger partial charge in [-0.1, -0.05) is 20.3 Å². The molecule has 2 aromatic rings. The van der Waals surface area contributed by atoms with Gasteiger partial charge in [-0.3, -0.25) is 0 Å². The predicted octanol–water partition coefficient (Wildman–Crippen LogP) is 3.18. The molecule has 0 aliphatic rings. The van der Waals surface area contributed by atoms with Gasteiger partial charge in [0.25, 0.3) is 0 Å². The Morgan fingerprint density at radius 3 is 2.85 bits per heavy atom. The fourth-order valence-electron chi connectivity index (χ4n) is 2.31. The van der Waals surface area contributed by atoms with Gasteiger partial charge in [0.2, 0.25) is 0 Å². The molecule has 0 aliphatic heterocycles. The second kappa shape index (κ2) is 6.59. The van der Waals surface area contributed by atoms with Gasteiger partial charge in [0, 0.05) is 32.0 Å². The Kier molecular flexibility index (Phi) is 4.82. The summed E-state index contributed by atoms with van der Waals surface area (Å²) in [5.74, 6) is 1.85. The Morgan fingerprint density at radius 1 is 1.40 bits per heavy atom. The summed E-state index contributed by atoms with van der Waals surface area (Å²) in [6.45, 7) is 7.71. The highest BCUT2D eigenvalue weighted by Gasteiger charge is 2.18. The van der Waals surface area contributed by atoms with Crippen molar-refractivity contribution in [2.24, 2.45) is 0 Å². The summed E-state index contributed by atoms with van der Waals surface area (Å²) >= 11 is 0. The van der Waals surface area contributed by atoms with Crippen molar-refractivity contribution in [3.05, 3.63) is 18.6 Å². The van der Waals surface area contributed by atoms with Crippen LogP contribution >= 0.6 is 0 Å². The molecule has 0 bridgehead atoms. The predicted molar refractivity (Wildman–Crippen MR) is 84.5 cm³/mol. The molecule has 1 unspecified atom stereocenters. The van der Waals surface area contributed by atoms with Crippen LogP contribution in [0.3, 0.4) is 0 Å². The van der Waals surface area contributed by atoms with Crippen LogP contribution in [0.4, 0.5) is 11.6 Å². The van der Waals surface area contributed by atoms with E-state index in [-0.39, 0.29) is 0 Å². The highest BCUT2D eigenvalue weighted by atomic mass is 15.3.